The Balaban J connectivity index is 2.37. The van der Waals surface area contributed by atoms with Crippen molar-refractivity contribution in [2.75, 3.05) is 0 Å². The van der Waals surface area contributed by atoms with Crippen molar-refractivity contribution in [3.05, 3.63) is 30.1 Å². The van der Waals surface area contributed by atoms with Crippen LogP contribution >= 0.6 is 0 Å². The Bertz CT molecular complexity index is 294. The number of nitrogens with zero attached hydrogens (tertiary/aromatic N) is 1. The summed E-state index contributed by atoms with van der Waals surface area (Å²) in [5.74, 6) is 0. The Morgan fingerprint density at radius 2 is 2.08 bits per heavy atom. The number of rotatable bonds is 2. The van der Waals surface area contributed by atoms with E-state index in [-0.39, 0.29) is 11.0 Å². The molecule has 1 aliphatic carbocycles. The summed E-state index contributed by atoms with van der Waals surface area (Å²) in [5.41, 5.74) is 7.32. The van der Waals surface area contributed by atoms with Crippen LogP contribution in [-0.2, 0) is 5.41 Å². The highest BCUT2D eigenvalue weighted by Gasteiger charge is 2.54. The van der Waals surface area contributed by atoms with Crippen LogP contribution in [0.1, 0.15) is 32.4 Å². The second kappa shape index (κ2) is 2.55. The molecule has 2 nitrogen and oxygen atoms in total. The zero-order valence-corrected chi connectivity index (χ0v) is 8.25. The first-order valence-electron chi connectivity index (χ1n) is 4.77. The minimum absolute atomic E-state index is 0.147. The van der Waals surface area contributed by atoms with Gasteiger partial charge in [0.2, 0.25) is 0 Å². The third-order valence-corrected chi connectivity index (χ3v) is 3.14. The smallest absolute Gasteiger partial charge is 0.0483 e. The van der Waals surface area contributed by atoms with Gasteiger partial charge in [0.05, 0.1) is 0 Å². The molecule has 70 valence electrons. The lowest BCUT2D eigenvalue weighted by Gasteiger charge is -2.30. The fourth-order valence-corrected chi connectivity index (χ4v) is 2.00. The molecule has 0 bridgehead atoms. The highest BCUT2D eigenvalue weighted by Crippen LogP contribution is 2.53. The van der Waals surface area contributed by atoms with Crippen LogP contribution in [0.25, 0.3) is 0 Å². The summed E-state index contributed by atoms with van der Waals surface area (Å²) in [7, 11) is 0. The highest BCUT2D eigenvalue weighted by molar-refractivity contribution is 5.30. The van der Waals surface area contributed by atoms with E-state index in [0.29, 0.717) is 0 Å². The van der Waals surface area contributed by atoms with Crippen LogP contribution in [0.4, 0.5) is 0 Å². The quantitative estimate of drug-likeness (QED) is 0.747. The number of aromatic nitrogens is 1. The lowest BCUT2D eigenvalue weighted by Crippen LogP contribution is -2.45. The number of pyridine rings is 1. The van der Waals surface area contributed by atoms with Crippen molar-refractivity contribution >= 4 is 0 Å². The number of hydrogen-bond acceptors (Lipinski definition) is 2. The Hall–Kier alpha value is -0.890. The minimum Gasteiger partial charge on any atom is -0.325 e. The van der Waals surface area contributed by atoms with E-state index < -0.39 is 0 Å². The molecule has 0 atom stereocenters. The summed E-state index contributed by atoms with van der Waals surface area (Å²) >= 11 is 0. The summed E-state index contributed by atoms with van der Waals surface area (Å²) in [6.07, 6.45) is 4.20. The lowest BCUT2D eigenvalue weighted by molar-refractivity contribution is 0.384. The molecular formula is C11H16N2. The van der Waals surface area contributed by atoms with Gasteiger partial charge in [-0.3, -0.25) is 4.98 Å². The van der Waals surface area contributed by atoms with E-state index in [2.05, 4.69) is 24.9 Å². The van der Waals surface area contributed by atoms with Crippen molar-refractivity contribution in [2.24, 2.45) is 5.73 Å². The molecular weight excluding hydrogens is 160 g/mol. The number of nitrogens with two attached hydrogens (primary N) is 1. The maximum atomic E-state index is 6.17. The molecule has 1 saturated carbocycles. The third kappa shape index (κ3) is 1.25. The predicted molar refractivity (Wildman–Crippen MR) is 53.4 cm³/mol. The highest BCUT2D eigenvalue weighted by atomic mass is 14.9. The molecule has 1 heterocycles. The Morgan fingerprint density at radius 1 is 1.38 bits per heavy atom. The van der Waals surface area contributed by atoms with E-state index in [0.717, 1.165) is 5.69 Å². The summed E-state index contributed by atoms with van der Waals surface area (Å²) in [5, 5.41) is 0. The van der Waals surface area contributed by atoms with Gasteiger partial charge in [-0.2, -0.15) is 0 Å². The molecule has 0 spiro atoms. The largest absolute Gasteiger partial charge is 0.325 e. The molecule has 0 saturated heterocycles. The molecule has 0 aliphatic heterocycles. The monoisotopic (exact) mass is 176 g/mol. The van der Waals surface area contributed by atoms with Crippen LogP contribution in [0.3, 0.4) is 0 Å². The van der Waals surface area contributed by atoms with E-state index in [1.165, 1.54) is 12.8 Å². The van der Waals surface area contributed by atoms with Gasteiger partial charge >= 0.3 is 0 Å². The van der Waals surface area contributed by atoms with Crippen LogP contribution in [0.15, 0.2) is 24.4 Å². The van der Waals surface area contributed by atoms with Crippen LogP contribution in [0.2, 0.25) is 0 Å². The second-order valence-electron chi connectivity index (χ2n) is 4.52. The Morgan fingerprint density at radius 3 is 2.46 bits per heavy atom. The topological polar surface area (TPSA) is 38.9 Å². The van der Waals surface area contributed by atoms with Gasteiger partial charge in [-0.25, -0.2) is 0 Å². The first-order valence-corrected chi connectivity index (χ1v) is 4.77. The van der Waals surface area contributed by atoms with Crippen molar-refractivity contribution in [1.29, 1.82) is 0 Å². The summed E-state index contributed by atoms with van der Waals surface area (Å²) in [4.78, 5) is 4.40. The standard InChI is InChI=1S/C11H16N2/c1-10(2,12)11(6-7-11)9-5-3-4-8-13-9/h3-5,8H,6-7,12H2,1-2H3. The second-order valence-corrected chi connectivity index (χ2v) is 4.52. The molecule has 13 heavy (non-hydrogen) atoms. The molecule has 2 heteroatoms. The number of hydrogen-bond donors (Lipinski definition) is 1. The lowest BCUT2D eigenvalue weighted by atomic mass is 9.82. The van der Waals surface area contributed by atoms with Gasteiger partial charge in [0.25, 0.3) is 0 Å². The molecule has 0 amide bonds. The van der Waals surface area contributed by atoms with E-state index in [1.54, 1.807) is 0 Å². The fraction of sp³-hybridized carbons (Fsp3) is 0.545. The van der Waals surface area contributed by atoms with Crippen molar-refractivity contribution in [2.45, 2.75) is 37.6 Å². The van der Waals surface area contributed by atoms with Gasteiger partial charge < -0.3 is 5.73 Å². The van der Waals surface area contributed by atoms with Crippen LogP contribution in [0, 0.1) is 0 Å². The van der Waals surface area contributed by atoms with Gasteiger partial charge in [0, 0.05) is 22.8 Å². The predicted octanol–water partition coefficient (Wildman–Crippen LogP) is 1.85. The molecule has 0 radical (unpaired) electrons. The molecule has 1 aliphatic rings. The average Bonchev–Trinajstić information content (AvgIpc) is 2.84. The third-order valence-electron chi connectivity index (χ3n) is 3.14. The molecule has 1 aromatic heterocycles. The molecule has 0 unspecified atom stereocenters. The van der Waals surface area contributed by atoms with Crippen LogP contribution in [-0.4, -0.2) is 10.5 Å². The van der Waals surface area contributed by atoms with E-state index >= 15 is 0 Å². The molecule has 1 fully saturated rings. The minimum atomic E-state index is -0.151. The first-order chi connectivity index (χ1) is 6.06. The zero-order chi connectivity index (χ0) is 9.53. The van der Waals surface area contributed by atoms with Gasteiger partial charge in [0.15, 0.2) is 0 Å². The van der Waals surface area contributed by atoms with Crippen LogP contribution in [0.5, 0.6) is 0 Å². The van der Waals surface area contributed by atoms with E-state index in [9.17, 15) is 0 Å². The molecule has 2 N–H and O–H groups in total. The first kappa shape index (κ1) is 8.70. The summed E-state index contributed by atoms with van der Waals surface area (Å²) in [6, 6.07) is 6.07. The average molecular weight is 176 g/mol. The van der Waals surface area contributed by atoms with Crippen molar-refractivity contribution in [3.8, 4) is 0 Å². The van der Waals surface area contributed by atoms with Gasteiger partial charge in [-0.15, -0.1) is 0 Å². The molecule has 1 aromatic rings. The molecule has 2 rings (SSSR count). The summed E-state index contributed by atoms with van der Waals surface area (Å²) in [6.45, 7) is 4.18. The van der Waals surface area contributed by atoms with Gasteiger partial charge in [-0.1, -0.05) is 6.07 Å². The van der Waals surface area contributed by atoms with Gasteiger partial charge in [0.1, 0.15) is 0 Å². The summed E-state index contributed by atoms with van der Waals surface area (Å²) < 4.78 is 0. The Labute approximate surface area is 79.2 Å². The van der Waals surface area contributed by atoms with Crippen molar-refractivity contribution in [3.63, 3.8) is 0 Å². The Kier molecular flexibility index (Phi) is 1.70. The van der Waals surface area contributed by atoms with Crippen LogP contribution < -0.4 is 5.73 Å². The van der Waals surface area contributed by atoms with E-state index in [1.807, 2.05) is 18.3 Å². The van der Waals surface area contributed by atoms with Gasteiger partial charge in [-0.05, 0) is 38.8 Å². The maximum Gasteiger partial charge on any atom is 0.0483 e. The molecule has 0 aromatic carbocycles. The van der Waals surface area contributed by atoms with E-state index in [4.69, 9.17) is 5.73 Å². The normalized spacial score (nSPS) is 19.9. The SMILES string of the molecule is CC(C)(N)C1(c2ccccn2)CC1. The maximum absolute atomic E-state index is 6.17. The fourth-order valence-electron chi connectivity index (χ4n) is 2.00. The van der Waals surface area contributed by atoms with Crippen molar-refractivity contribution < 1.29 is 0 Å². The zero-order valence-electron chi connectivity index (χ0n) is 8.25. The van der Waals surface area contributed by atoms with Crippen molar-refractivity contribution in [1.82, 2.24) is 4.98 Å².